The van der Waals surface area contributed by atoms with Crippen LogP contribution in [0.15, 0.2) is 63.3 Å². The highest BCUT2D eigenvalue weighted by Gasteiger charge is 2.45. The number of amides is 1. The highest BCUT2D eigenvalue weighted by molar-refractivity contribution is 9.10. The number of ether oxygens (including phenoxy) is 2. The molecule has 2 aromatic carbocycles. The molecule has 9 nitrogen and oxygen atoms in total. The maximum atomic E-state index is 15.7. The van der Waals surface area contributed by atoms with E-state index in [-0.39, 0.29) is 42.9 Å². The number of carbonyl (C=O) groups is 1. The molecule has 1 atom stereocenters. The number of piperidine rings is 1. The molecule has 2 fully saturated rings. The van der Waals surface area contributed by atoms with Gasteiger partial charge in [-0.25, -0.2) is 21.2 Å². The summed E-state index contributed by atoms with van der Waals surface area (Å²) in [5.74, 6) is -0.971. The SMILES string of the molecule is C[C@H](/C=C\S(=O)(=O)CCCCC1OCCO1)NC(=O)C1(F)CCN(S(=O)(=O)c2ccc(Br)cc2-c2ccccc2Cl)CC1. The van der Waals surface area contributed by atoms with E-state index in [2.05, 4.69) is 21.2 Å². The number of sulfonamides is 1. The molecule has 2 heterocycles. The minimum absolute atomic E-state index is 0.0276. The van der Waals surface area contributed by atoms with Gasteiger partial charge in [-0.2, -0.15) is 4.31 Å². The molecule has 0 aromatic heterocycles. The van der Waals surface area contributed by atoms with Crippen molar-refractivity contribution in [3.05, 3.63) is 63.4 Å². The monoisotopic (exact) mass is 720 g/mol. The summed E-state index contributed by atoms with van der Waals surface area (Å²) in [7, 11) is -7.57. The average Bonchev–Trinajstić information content (AvgIpc) is 3.48. The first kappa shape index (κ1) is 34.0. The minimum Gasteiger partial charge on any atom is -0.350 e. The Morgan fingerprint density at radius 2 is 1.79 bits per heavy atom. The minimum atomic E-state index is -4.05. The molecular weight excluding hydrogens is 687 g/mol. The van der Waals surface area contributed by atoms with Crippen molar-refractivity contribution in [1.82, 2.24) is 9.62 Å². The Hall–Kier alpha value is -1.87. The number of halogens is 3. The molecule has 0 bridgehead atoms. The van der Waals surface area contributed by atoms with Crippen molar-refractivity contribution >= 4 is 53.3 Å². The maximum Gasteiger partial charge on any atom is 0.258 e. The predicted octanol–water partition coefficient (Wildman–Crippen LogP) is 5.24. The molecule has 1 amide bonds. The van der Waals surface area contributed by atoms with Gasteiger partial charge in [-0.1, -0.05) is 51.8 Å². The van der Waals surface area contributed by atoms with Crippen molar-refractivity contribution in [2.75, 3.05) is 32.1 Å². The van der Waals surface area contributed by atoms with E-state index >= 15 is 4.39 Å². The fourth-order valence-corrected chi connectivity index (χ4v) is 8.39. The zero-order valence-electron chi connectivity index (χ0n) is 23.7. The summed E-state index contributed by atoms with van der Waals surface area (Å²) in [4.78, 5) is 12.9. The molecule has 2 aliphatic rings. The molecule has 14 heteroatoms. The van der Waals surface area contributed by atoms with E-state index < -0.39 is 37.5 Å². The first-order valence-corrected chi connectivity index (χ1v) is 18.3. The van der Waals surface area contributed by atoms with Crippen LogP contribution in [0.3, 0.4) is 0 Å². The topological polar surface area (TPSA) is 119 Å². The maximum absolute atomic E-state index is 15.7. The summed E-state index contributed by atoms with van der Waals surface area (Å²) in [5, 5.41) is 3.93. The quantitative estimate of drug-likeness (QED) is 0.298. The number of carbonyl (C=O) groups excluding carboxylic acids is 1. The van der Waals surface area contributed by atoms with Gasteiger partial charge in [0.15, 0.2) is 21.8 Å². The second-order valence-corrected chi connectivity index (χ2v) is 15.8. The van der Waals surface area contributed by atoms with Crippen LogP contribution in [0, 0.1) is 0 Å². The molecule has 236 valence electrons. The standard InChI is InChI=1S/C29H35BrClFN2O7S2/c1-21(11-19-42(36,37)18-5-4-8-27-40-16-17-41-27)33-28(35)29(32)12-14-34(15-13-29)43(38,39)26-10-9-22(30)20-24(26)23-6-2-3-7-25(23)31/h2-3,6-7,9-11,19-21,27H,4-5,8,12-18H2,1H3,(H,33,35)/b19-11-/t21-/m1/s1. The molecule has 4 rings (SSSR count). The Labute approximate surface area is 265 Å². The Morgan fingerprint density at radius 3 is 2.47 bits per heavy atom. The number of nitrogens with zero attached hydrogens (tertiary/aromatic N) is 1. The third-order valence-corrected chi connectivity index (χ3v) is 11.6. The summed E-state index contributed by atoms with van der Waals surface area (Å²) in [5.41, 5.74) is -1.36. The summed E-state index contributed by atoms with van der Waals surface area (Å²) in [6.07, 6.45) is 2.02. The van der Waals surface area contributed by atoms with Gasteiger partial charge in [-0.3, -0.25) is 4.79 Å². The van der Waals surface area contributed by atoms with E-state index in [4.69, 9.17) is 21.1 Å². The first-order chi connectivity index (χ1) is 20.3. The number of alkyl halides is 1. The number of unbranched alkanes of at least 4 members (excludes halogenated alkanes) is 1. The van der Waals surface area contributed by atoms with Gasteiger partial charge in [-0.15, -0.1) is 0 Å². The summed E-state index contributed by atoms with van der Waals surface area (Å²) < 4.78 is 80.3. The second kappa shape index (κ2) is 14.5. The molecule has 0 radical (unpaired) electrons. The average molecular weight is 722 g/mol. The Kier molecular flexibility index (Phi) is 11.5. The third kappa shape index (κ3) is 8.86. The molecule has 1 N–H and O–H groups in total. The van der Waals surface area contributed by atoms with Crippen molar-refractivity contribution in [2.45, 2.75) is 61.9 Å². The van der Waals surface area contributed by atoms with Gasteiger partial charge in [-0.05, 0) is 50.5 Å². The molecule has 2 aromatic rings. The smallest absolute Gasteiger partial charge is 0.258 e. The number of rotatable bonds is 12. The van der Waals surface area contributed by atoms with Crippen LogP contribution in [-0.2, 0) is 34.1 Å². The Morgan fingerprint density at radius 1 is 1.12 bits per heavy atom. The number of benzene rings is 2. The van der Waals surface area contributed by atoms with Gasteiger partial charge in [0.25, 0.3) is 5.91 Å². The largest absolute Gasteiger partial charge is 0.350 e. The lowest BCUT2D eigenvalue weighted by molar-refractivity contribution is -0.135. The van der Waals surface area contributed by atoms with Crippen molar-refractivity contribution in [3.63, 3.8) is 0 Å². The highest BCUT2D eigenvalue weighted by atomic mass is 79.9. The van der Waals surface area contributed by atoms with Crippen LogP contribution in [0.2, 0.25) is 5.02 Å². The summed E-state index contributed by atoms with van der Waals surface area (Å²) in [6, 6.07) is 10.9. The van der Waals surface area contributed by atoms with Crippen molar-refractivity contribution in [3.8, 4) is 11.1 Å². The van der Waals surface area contributed by atoms with Gasteiger partial charge in [0, 0.05) is 58.0 Å². The lowest BCUT2D eigenvalue weighted by Crippen LogP contribution is -2.53. The number of nitrogens with one attached hydrogen (secondary N) is 1. The molecule has 43 heavy (non-hydrogen) atoms. The molecule has 0 spiro atoms. The van der Waals surface area contributed by atoms with E-state index in [1.807, 2.05) is 0 Å². The zero-order chi connectivity index (χ0) is 31.3. The van der Waals surface area contributed by atoms with Gasteiger partial charge in [0.1, 0.15) is 0 Å². The van der Waals surface area contributed by atoms with Crippen LogP contribution in [0.25, 0.3) is 11.1 Å². The number of hydrogen-bond acceptors (Lipinski definition) is 7. The van der Waals surface area contributed by atoms with E-state index in [9.17, 15) is 21.6 Å². The molecular formula is C29H35BrClFN2O7S2. The van der Waals surface area contributed by atoms with Crippen LogP contribution in [0.4, 0.5) is 4.39 Å². The fourth-order valence-electron chi connectivity index (χ4n) is 4.94. The van der Waals surface area contributed by atoms with Gasteiger partial charge in [0.2, 0.25) is 10.0 Å². The van der Waals surface area contributed by atoms with Crippen molar-refractivity contribution in [2.24, 2.45) is 0 Å². The number of hydrogen-bond donors (Lipinski definition) is 1. The van der Waals surface area contributed by atoms with E-state index in [0.717, 1.165) is 5.41 Å². The summed E-state index contributed by atoms with van der Waals surface area (Å²) >= 11 is 9.75. The van der Waals surface area contributed by atoms with E-state index in [1.165, 1.54) is 16.4 Å². The Bertz CT molecular complexity index is 1540. The Balaban J connectivity index is 1.33. The second-order valence-electron chi connectivity index (χ2n) is 10.6. The van der Waals surface area contributed by atoms with Gasteiger partial charge >= 0.3 is 0 Å². The molecule has 2 saturated heterocycles. The fraction of sp³-hybridized carbons (Fsp3) is 0.483. The highest BCUT2D eigenvalue weighted by Crippen LogP contribution is 2.37. The van der Waals surface area contributed by atoms with Crippen LogP contribution >= 0.6 is 27.5 Å². The normalized spacial score (nSPS) is 19.1. The van der Waals surface area contributed by atoms with Crippen LogP contribution in [0.5, 0.6) is 0 Å². The van der Waals surface area contributed by atoms with Crippen LogP contribution < -0.4 is 5.32 Å². The lowest BCUT2D eigenvalue weighted by atomic mass is 9.93. The third-order valence-electron chi connectivity index (χ3n) is 7.39. The molecule has 2 aliphatic heterocycles. The predicted molar refractivity (Wildman–Crippen MR) is 166 cm³/mol. The lowest BCUT2D eigenvalue weighted by Gasteiger charge is -2.35. The summed E-state index contributed by atoms with van der Waals surface area (Å²) in [6.45, 7) is 2.22. The van der Waals surface area contributed by atoms with Crippen molar-refractivity contribution < 1.29 is 35.5 Å². The molecule has 0 aliphatic carbocycles. The molecule has 0 unspecified atom stereocenters. The van der Waals surface area contributed by atoms with Crippen molar-refractivity contribution in [1.29, 1.82) is 0 Å². The van der Waals surface area contributed by atoms with Crippen LogP contribution in [-0.4, -0.2) is 77.1 Å². The van der Waals surface area contributed by atoms with Gasteiger partial charge in [0.05, 0.1) is 23.9 Å². The zero-order valence-corrected chi connectivity index (χ0v) is 27.7. The first-order valence-electron chi connectivity index (χ1n) is 14.0. The van der Waals surface area contributed by atoms with Crippen LogP contribution in [0.1, 0.15) is 39.0 Å². The van der Waals surface area contributed by atoms with E-state index in [0.29, 0.717) is 53.1 Å². The number of sulfone groups is 1. The van der Waals surface area contributed by atoms with Gasteiger partial charge < -0.3 is 14.8 Å². The van der Waals surface area contributed by atoms with E-state index in [1.54, 1.807) is 43.3 Å². The molecule has 0 saturated carbocycles.